The zero-order valence-corrected chi connectivity index (χ0v) is 16.7. The monoisotopic (exact) mass is 432 g/mol. The minimum absolute atomic E-state index is 0.0658. The maximum Gasteiger partial charge on any atom is 0.573 e. The zero-order valence-electron chi connectivity index (χ0n) is 16.7. The van der Waals surface area contributed by atoms with Crippen LogP contribution in [0.4, 0.5) is 13.2 Å². The van der Waals surface area contributed by atoms with Gasteiger partial charge < -0.3 is 24.1 Å². The van der Waals surface area contributed by atoms with E-state index in [1.165, 1.54) is 24.3 Å². The van der Waals surface area contributed by atoms with Gasteiger partial charge >= 0.3 is 6.36 Å². The molecule has 0 bridgehead atoms. The van der Waals surface area contributed by atoms with Crippen molar-refractivity contribution in [3.05, 3.63) is 59.6 Å². The molecule has 0 saturated carbocycles. The average Bonchev–Trinajstić information content (AvgIpc) is 3.28. The molecule has 2 N–H and O–H groups in total. The van der Waals surface area contributed by atoms with E-state index in [1.807, 2.05) is 19.1 Å². The van der Waals surface area contributed by atoms with Crippen molar-refractivity contribution in [3.63, 3.8) is 0 Å². The van der Waals surface area contributed by atoms with E-state index in [4.69, 9.17) is 4.42 Å². The number of benzene rings is 2. The number of nitrogens with zero attached hydrogens (tertiary/aromatic N) is 3. The highest BCUT2D eigenvalue weighted by molar-refractivity contribution is 5.93. The molecule has 0 amide bonds. The van der Waals surface area contributed by atoms with E-state index < -0.39 is 6.36 Å². The number of alkyl halides is 3. The molecule has 0 aliphatic rings. The molecule has 2 heterocycles. The van der Waals surface area contributed by atoms with Crippen LogP contribution in [0.1, 0.15) is 17.0 Å². The number of hydrogen-bond donors (Lipinski definition) is 2. The maximum atomic E-state index is 12.3. The second kappa shape index (κ2) is 7.95. The van der Waals surface area contributed by atoms with Gasteiger partial charge in [0.25, 0.3) is 0 Å². The van der Waals surface area contributed by atoms with E-state index in [0.29, 0.717) is 29.3 Å². The van der Waals surface area contributed by atoms with E-state index >= 15 is 0 Å². The highest BCUT2D eigenvalue weighted by Crippen LogP contribution is 2.34. The van der Waals surface area contributed by atoms with Crippen molar-refractivity contribution in [2.24, 2.45) is 0 Å². The zero-order chi connectivity index (χ0) is 22.2. The van der Waals surface area contributed by atoms with Crippen molar-refractivity contribution in [3.8, 4) is 23.1 Å². The topological polar surface area (TPSA) is 85.3 Å². The summed E-state index contributed by atoms with van der Waals surface area (Å²) in [5.41, 5.74) is 2.26. The normalized spacial score (nSPS) is 11.9. The molecule has 2 aromatic carbocycles. The van der Waals surface area contributed by atoms with Gasteiger partial charge in [0, 0.05) is 22.5 Å². The molecule has 31 heavy (non-hydrogen) atoms. The van der Waals surface area contributed by atoms with Gasteiger partial charge in [-0.25, -0.2) is 0 Å². The minimum atomic E-state index is -4.74. The fourth-order valence-corrected chi connectivity index (χ4v) is 3.42. The summed E-state index contributed by atoms with van der Waals surface area (Å²) in [4.78, 5) is 0. The fraction of sp³-hybridized carbons (Fsp3) is 0.238. The molecule has 2 aromatic heterocycles. The van der Waals surface area contributed by atoms with Crippen LogP contribution in [0.3, 0.4) is 0 Å². The van der Waals surface area contributed by atoms with Gasteiger partial charge in [-0.05, 0) is 49.4 Å². The molecule has 0 fully saturated rings. The van der Waals surface area contributed by atoms with Crippen molar-refractivity contribution in [2.45, 2.75) is 26.4 Å². The molecule has 0 aliphatic carbocycles. The first-order valence-electron chi connectivity index (χ1n) is 9.38. The summed E-state index contributed by atoms with van der Waals surface area (Å²) in [6, 6.07) is 9.22. The van der Waals surface area contributed by atoms with E-state index in [1.54, 1.807) is 17.8 Å². The number of aryl methyl sites for hydroxylation is 1. The number of ether oxygens (including phenoxy) is 1. The lowest BCUT2D eigenvalue weighted by Crippen LogP contribution is -2.17. The van der Waals surface area contributed by atoms with Gasteiger partial charge in [0.1, 0.15) is 5.75 Å². The molecule has 162 valence electrons. The van der Waals surface area contributed by atoms with Gasteiger partial charge in [-0.2, -0.15) is 0 Å². The number of nitrogens with one attached hydrogen (secondary N) is 1. The molecule has 0 spiro atoms. The van der Waals surface area contributed by atoms with Gasteiger partial charge in [0.2, 0.25) is 11.8 Å². The lowest BCUT2D eigenvalue weighted by molar-refractivity contribution is -0.274. The molecule has 0 radical (unpaired) electrons. The van der Waals surface area contributed by atoms with Gasteiger partial charge in [0.15, 0.2) is 5.88 Å². The Morgan fingerprint density at radius 3 is 2.58 bits per heavy atom. The SMILES string of the molecule is CNCc1nnc(-c2cc(C)c3c(O)n(Cc4ccc(OC(F)(F)F)cc4)cc3c2)o1. The van der Waals surface area contributed by atoms with Gasteiger partial charge in [0.05, 0.1) is 13.1 Å². The van der Waals surface area contributed by atoms with Gasteiger partial charge in [-0.3, -0.25) is 0 Å². The Balaban J connectivity index is 1.62. The Labute approximate surface area is 175 Å². The van der Waals surface area contributed by atoms with Crippen molar-refractivity contribution in [2.75, 3.05) is 7.05 Å². The van der Waals surface area contributed by atoms with Crippen molar-refractivity contribution in [1.82, 2.24) is 20.1 Å². The number of rotatable bonds is 6. The fourth-order valence-electron chi connectivity index (χ4n) is 3.42. The van der Waals surface area contributed by atoms with Crippen LogP contribution in [-0.4, -0.2) is 33.3 Å². The largest absolute Gasteiger partial charge is 0.573 e. The predicted molar refractivity (Wildman–Crippen MR) is 107 cm³/mol. The molecular weight excluding hydrogens is 413 g/mol. The van der Waals surface area contributed by atoms with Crippen LogP contribution in [0.2, 0.25) is 0 Å². The first kappa shape index (κ1) is 20.7. The summed E-state index contributed by atoms with van der Waals surface area (Å²) >= 11 is 0. The smallest absolute Gasteiger partial charge is 0.494 e. The maximum absolute atomic E-state index is 12.3. The first-order chi connectivity index (χ1) is 14.7. The summed E-state index contributed by atoms with van der Waals surface area (Å²) in [5, 5.41) is 23.2. The van der Waals surface area contributed by atoms with Gasteiger partial charge in [-0.15, -0.1) is 23.4 Å². The van der Waals surface area contributed by atoms with Crippen LogP contribution in [0.25, 0.3) is 22.2 Å². The predicted octanol–water partition coefficient (Wildman–Crippen LogP) is 4.37. The summed E-state index contributed by atoms with van der Waals surface area (Å²) in [5.74, 6) is 0.614. The van der Waals surface area contributed by atoms with E-state index in [2.05, 4.69) is 20.3 Å². The Bertz CT molecular complexity index is 1210. The number of aromatic hydroxyl groups is 1. The van der Waals surface area contributed by atoms with Gasteiger partial charge in [-0.1, -0.05) is 12.1 Å². The number of halogens is 3. The Kier molecular flexibility index (Phi) is 5.32. The minimum Gasteiger partial charge on any atom is -0.494 e. The highest BCUT2D eigenvalue weighted by atomic mass is 19.4. The lowest BCUT2D eigenvalue weighted by Gasteiger charge is -2.10. The second-order valence-corrected chi connectivity index (χ2v) is 7.06. The molecule has 4 rings (SSSR count). The number of hydrogen-bond acceptors (Lipinski definition) is 6. The average molecular weight is 432 g/mol. The molecule has 0 unspecified atom stereocenters. The quantitative estimate of drug-likeness (QED) is 0.471. The number of fused-ring (bicyclic) bond motifs is 1. The molecule has 10 heteroatoms. The second-order valence-electron chi connectivity index (χ2n) is 7.06. The van der Waals surface area contributed by atoms with E-state index in [9.17, 15) is 18.3 Å². The first-order valence-corrected chi connectivity index (χ1v) is 9.38. The van der Waals surface area contributed by atoms with Crippen LogP contribution in [-0.2, 0) is 13.1 Å². The van der Waals surface area contributed by atoms with Crippen LogP contribution in [0.5, 0.6) is 11.6 Å². The van der Waals surface area contributed by atoms with Crippen LogP contribution in [0.15, 0.2) is 47.0 Å². The van der Waals surface area contributed by atoms with Crippen molar-refractivity contribution < 1.29 is 27.4 Å². The summed E-state index contributed by atoms with van der Waals surface area (Å²) in [6.45, 7) is 2.59. The molecule has 0 atom stereocenters. The molecule has 0 saturated heterocycles. The van der Waals surface area contributed by atoms with Crippen molar-refractivity contribution in [1.29, 1.82) is 0 Å². The molecular formula is C21H19F3N4O3. The lowest BCUT2D eigenvalue weighted by atomic mass is 10.1. The van der Waals surface area contributed by atoms with Crippen LogP contribution in [0, 0.1) is 6.92 Å². The Morgan fingerprint density at radius 1 is 1.16 bits per heavy atom. The summed E-state index contributed by atoms with van der Waals surface area (Å²) in [7, 11) is 1.78. The van der Waals surface area contributed by atoms with Crippen molar-refractivity contribution >= 4 is 10.8 Å². The Morgan fingerprint density at radius 2 is 1.90 bits per heavy atom. The molecule has 7 nitrogen and oxygen atoms in total. The van der Waals surface area contributed by atoms with Crippen LogP contribution < -0.4 is 10.1 Å². The summed E-state index contributed by atoms with van der Waals surface area (Å²) in [6.07, 6.45) is -2.97. The van der Waals surface area contributed by atoms with Crippen LogP contribution >= 0.6 is 0 Å². The number of aromatic nitrogens is 3. The third kappa shape index (κ3) is 4.48. The molecule has 4 aromatic rings. The van der Waals surface area contributed by atoms with E-state index in [0.717, 1.165) is 16.5 Å². The Hall–Kier alpha value is -3.53. The molecule has 0 aliphatic heterocycles. The summed E-state index contributed by atoms with van der Waals surface area (Å²) < 4.78 is 48.1. The third-order valence-corrected chi connectivity index (χ3v) is 4.71. The third-order valence-electron chi connectivity index (χ3n) is 4.71. The van der Waals surface area contributed by atoms with E-state index in [-0.39, 0.29) is 18.2 Å². The highest BCUT2D eigenvalue weighted by Gasteiger charge is 2.31. The standard InChI is InChI=1S/C21H19F3N4O3/c1-12-7-14(19-27-26-17(30-19)9-25-2)8-15-11-28(20(29)18(12)15)10-13-3-5-16(6-4-13)31-21(22,23)24/h3-8,11,25,29H,9-10H2,1-2H3.